The van der Waals surface area contributed by atoms with Crippen molar-refractivity contribution in [1.29, 1.82) is 0 Å². The normalized spacial score (nSPS) is 22.0. The predicted octanol–water partition coefficient (Wildman–Crippen LogP) is 0.749. The van der Waals surface area contributed by atoms with Crippen molar-refractivity contribution in [2.45, 2.75) is 32.5 Å². The zero-order valence-electron chi connectivity index (χ0n) is 13.6. The van der Waals surface area contributed by atoms with Crippen LogP contribution in [0.4, 0.5) is 11.4 Å². The van der Waals surface area contributed by atoms with Crippen molar-refractivity contribution in [2.75, 3.05) is 29.9 Å². The van der Waals surface area contributed by atoms with E-state index < -0.39 is 0 Å². The van der Waals surface area contributed by atoms with E-state index in [1.165, 1.54) is 6.92 Å². The van der Waals surface area contributed by atoms with Crippen LogP contribution < -0.4 is 20.7 Å². The molecule has 2 heterocycles. The molecule has 0 spiro atoms. The molecule has 124 valence electrons. The molecular weight excluding hydrogens is 296 g/mol. The molecule has 0 aliphatic carbocycles. The van der Waals surface area contributed by atoms with Gasteiger partial charge in [-0.15, -0.1) is 0 Å². The minimum Gasteiger partial charge on any atom is -0.489 e. The van der Waals surface area contributed by atoms with Crippen LogP contribution in [0.5, 0.6) is 5.75 Å². The molecule has 1 aromatic carbocycles. The van der Waals surface area contributed by atoms with Crippen LogP contribution in [-0.4, -0.2) is 48.1 Å². The Morgan fingerprint density at radius 1 is 1.43 bits per heavy atom. The number of nitrogens with two attached hydrogens (primary N) is 1. The molecule has 3 rings (SSSR count). The first-order valence-corrected chi connectivity index (χ1v) is 7.66. The van der Waals surface area contributed by atoms with Gasteiger partial charge in [-0.1, -0.05) is 0 Å². The Kier molecular flexibility index (Phi) is 3.68. The smallest absolute Gasteiger partial charge is 0.231 e. The quantitative estimate of drug-likeness (QED) is 0.858. The molecule has 2 aliphatic heterocycles. The summed E-state index contributed by atoms with van der Waals surface area (Å²) in [6.45, 7) is 7.09. The van der Waals surface area contributed by atoms with Gasteiger partial charge in [-0.05, 0) is 32.0 Å². The van der Waals surface area contributed by atoms with Crippen LogP contribution in [0.15, 0.2) is 18.2 Å². The van der Waals surface area contributed by atoms with Crippen molar-refractivity contribution in [3.05, 3.63) is 18.2 Å². The number of hydrogen-bond donors (Lipinski definition) is 2. The molecule has 23 heavy (non-hydrogen) atoms. The molecular formula is C16H22N4O3. The van der Waals surface area contributed by atoms with Crippen LogP contribution in [0.1, 0.15) is 20.8 Å². The third-order valence-electron chi connectivity index (χ3n) is 4.48. The Labute approximate surface area is 135 Å². The summed E-state index contributed by atoms with van der Waals surface area (Å²) >= 11 is 0. The van der Waals surface area contributed by atoms with E-state index in [9.17, 15) is 9.59 Å². The molecule has 0 aromatic heterocycles. The minimum atomic E-state index is -0.368. The van der Waals surface area contributed by atoms with Gasteiger partial charge in [0.05, 0.1) is 23.9 Å². The molecule has 1 fully saturated rings. The number of ether oxygens (including phenoxy) is 1. The van der Waals surface area contributed by atoms with Gasteiger partial charge in [-0.25, -0.2) is 0 Å². The predicted molar refractivity (Wildman–Crippen MR) is 87.4 cm³/mol. The molecule has 1 saturated heterocycles. The summed E-state index contributed by atoms with van der Waals surface area (Å²) in [4.78, 5) is 27.0. The topological polar surface area (TPSA) is 87.9 Å². The lowest BCUT2D eigenvalue weighted by Crippen LogP contribution is -2.53. The van der Waals surface area contributed by atoms with E-state index in [0.29, 0.717) is 13.2 Å². The van der Waals surface area contributed by atoms with E-state index in [2.05, 4.69) is 29.0 Å². The Morgan fingerprint density at radius 3 is 2.83 bits per heavy atom. The first-order valence-electron chi connectivity index (χ1n) is 7.66. The van der Waals surface area contributed by atoms with Gasteiger partial charge in [-0.3, -0.25) is 14.5 Å². The second-order valence-corrected chi connectivity index (χ2v) is 6.54. The average molecular weight is 318 g/mol. The van der Waals surface area contributed by atoms with Crippen molar-refractivity contribution in [1.82, 2.24) is 4.90 Å². The highest BCUT2D eigenvalue weighted by Gasteiger charge is 2.48. The number of primary amides is 1. The second-order valence-electron chi connectivity index (χ2n) is 6.54. The summed E-state index contributed by atoms with van der Waals surface area (Å²) in [6.07, 6.45) is 0. The van der Waals surface area contributed by atoms with Gasteiger partial charge in [0.15, 0.2) is 0 Å². The first kappa shape index (κ1) is 15.6. The lowest BCUT2D eigenvalue weighted by Gasteiger charge is -2.43. The number of anilines is 2. The van der Waals surface area contributed by atoms with Gasteiger partial charge in [0.1, 0.15) is 12.4 Å². The maximum Gasteiger partial charge on any atom is 0.231 e. The van der Waals surface area contributed by atoms with Crippen molar-refractivity contribution < 1.29 is 14.3 Å². The van der Waals surface area contributed by atoms with Crippen molar-refractivity contribution in [3.8, 4) is 5.75 Å². The number of nitrogens with one attached hydrogen (secondary N) is 1. The summed E-state index contributed by atoms with van der Waals surface area (Å²) in [6, 6.07) is 5.75. The largest absolute Gasteiger partial charge is 0.489 e. The van der Waals surface area contributed by atoms with Gasteiger partial charge < -0.3 is 20.7 Å². The highest BCUT2D eigenvalue weighted by molar-refractivity contribution is 5.90. The van der Waals surface area contributed by atoms with Gasteiger partial charge in [0.25, 0.3) is 0 Å². The number of benzene rings is 1. The van der Waals surface area contributed by atoms with Crippen LogP contribution >= 0.6 is 0 Å². The molecule has 3 N–H and O–H groups in total. The van der Waals surface area contributed by atoms with Gasteiger partial charge in [0.2, 0.25) is 11.8 Å². The molecule has 1 atom stereocenters. The van der Waals surface area contributed by atoms with Crippen LogP contribution in [0, 0.1) is 0 Å². The van der Waals surface area contributed by atoms with Gasteiger partial charge in [0, 0.05) is 19.2 Å². The van der Waals surface area contributed by atoms with Crippen molar-refractivity contribution in [2.24, 2.45) is 5.73 Å². The van der Waals surface area contributed by atoms with E-state index in [0.717, 1.165) is 17.1 Å². The first-order chi connectivity index (χ1) is 10.8. The number of amides is 2. The number of nitrogens with zero attached hydrogens (tertiary/aromatic N) is 2. The highest BCUT2D eigenvalue weighted by atomic mass is 16.5. The number of fused-ring (bicyclic) bond motifs is 3. The minimum absolute atomic E-state index is 0.116. The van der Waals surface area contributed by atoms with Crippen LogP contribution in [0.25, 0.3) is 0 Å². The Morgan fingerprint density at radius 2 is 2.17 bits per heavy atom. The van der Waals surface area contributed by atoms with Crippen LogP contribution in [-0.2, 0) is 9.59 Å². The van der Waals surface area contributed by atoms with Crippen molar-refractivity contribution >= 4 is 23.2 Å². The molecule has 0 bridgehead atoms. The van der Waals surface area contributed by atoms with E-state index in [4.69, 9.17) is 10.5 Å². The standard InChI is InChI=1S/C16H22N4O3/c1-10(21)18-11-4-5-14-13(6-11)20-12(9-23-14)7-19(8-15(17)22)16(20,2)3/h4-6,12H,7-9H2,1-3H3,(H2,17,22)(H,18,21). The zero-order valence-corrected chi connectivity index (χ0v) is 13.6. The maximum atomic E-state index is 11.4. The molecule has 7 heteroatoms. The van der Waals surface area contributed by atoms with Crippen LogP contribution in [0.2, 0.25) is 0 Å². The molecule has 1 unspecified atom stereocenters. The number of hydrogen-bond acceptors (Lipinski definition) is 5. The molecule has 1 aromatic rings. The Bertz CT molecular complexity index is 659. The zero-order chi connectivity index (χ0) is 16.8. The third-order valence-corrected chi connectivity index (χ3v) is 4.48. The average Bonchev–Trinajstić information content (AvgIpc) is 2.69. The number of rotatable bonds is 3. The van der Waals surface area contributed by atoms with Crippen LogP contribution in [0.3, 0.4) is 0 Å². The maximum absolute atomic E-state index is 11.4. The molecule has 0 saturated carbocycles. The Balaban J connectivity index is 1.97. The number of carbonyl (C=O) groups is 2. The molecule has 0 radical (unpaired) electrons. The fourth-order valence-corrected chi connectivity index (χ4v) is 3.52. The van der Waals surface area contributed by atoms with E-state index >= 15 is 0 Å². The Hall–Kier alpha value is -2.28. The lowest BCUT2D eigenvalue weighted by atomic mass is 10.1. The highest BCUT2D eigenvalue weighted by Crippen LogP contribution is 2.44. The molecule has 7 nitrogen and oxygen atoms in total. The summed E-state index contributed by atoms with van der Waals surface area (Å²) in [5.41, 5.74) is 6.66. The molecule has 2 aliphatic rings. The fraction of sp³-hybridized carbons (Fsp3) is 0.500. The summed E-state index contributed by atoms with van der Waals surface area (Å²) in [5.74, 6) is 0.324. The lowest BCUT2D eigenvalue weighted by molar-refractivity contribution is -0.120. The van der Waals surface area contributed by atoms with E-state index in [-0.39, 0.29) is 30.1 Å². The molecule has 2 amide bonds. The summed E-state index contributed by atoms with van der Waals surface area (Å²) < 4.78 is 5.85. The SMILES string of the molecule is CC(=O)Nc1ccc2c(c1)N1C(CO2)CN(CC(N)=O)C1(C)C. The second kappa shape index (κ2) is 5.42. The number of carbonyl (C=O) groups excluding carboxylic acids is 2. The monoisotopic (exact) mass is 318 g/mol. The fourth-order valence-electron chi connectivity index (χ4n) is 3.52. The van der Waals surface area contributed by atoms with E-state index in [1.54, 1.807) is 0 Å². The summed E-state index contributed by atoms with van der Waals surface area (Å²) in [7, 11) is 0. The summed E-state index contributed by atoms with van der Waals surface area (Å²) in [5, 5.41) is 2.80. The van der Waals surface area contributed by atoms with Gasteiger partial charge in [-0.2, -0.15) is 0 Å². The van der Waals surface area contributed by atoms with Gasteiger partial charge >= 0.3 is 0 Å². The van der Waals surface area contributed by atoms with E-state index in [1.807, 2.05) is 18.2 Å². The third kappa shape index (κ3) is 2.72. The van der Waals surface area contributed by atoms with Crippen molar-refractivity contribution in [3.63, 3.8) is 0 Å².